The van der Waals surface area contributed by atoms with Gasteiger partial charge in [0.05, 0.1) is 5.56 Å². The van der Waals surface area contributed by atoms with Crippen LogP contribution in [0.15, 0.2) is 30.3 Å². The molecule has 3 rings (SSSR count). The third-order valence-electron chi connectivity index (χ3n) is 8.01. The van der Waals surface area contributed by atoms with Crippen molar-refractivity contribution in [2.75, 3.05) is 0 Å². The summed E-state index contributed by atoms with van der Waals surface area (Å²) in [4.78, 5) is 12.7. The predicted octanol–water partition coefficient (Wildman–Crippen LogP) is 9.53. The molecule has 0 aliphatic heterocycles. The van der Waals surface area contributed by atoms with E-state index in [1.165, 1.54) is 107 Å². The van der Waals surface area contributed by atoms with Gasteiger partial charge in [-0.3, -0.25) is 0 Å². The third kappa shape index (κ3) is 8.95. The fraction of sp³-hybridized carbons (Fsp3) is 0.710. The van der Waals surface area contributed by atoms with E-state index >= 15 is 0 Å². The van der Waals surface area contributed by atoms with E-state index < -0.39 is 0 Å². The Bertz CT molecular complexity index is 709. The molecular weight excluding hydrogens is 404 g/mol. The highest BCUT2D eigenvalue weighted by molar-refractivity contribution is 5.90. The summed E-state index contributed by atoms with van der Waals surface area (Å²) in [7, 11) is 0. The molecule has 33 heavy (non-hydrogen) atoms. The number of unbranched alkanes of at least 4 members (excludes halogenated alkanes) is 6. The number of esters is 1. The first-order chi connectivity index (χ1) is 16.2. The van der Waals surface area contributed by atoms with Gasteiger partial charge in [0, 0.05) is 0 Å². The number of hydrogen-bond acceptors (Lipinski definition) is 2. The topological polar surface area (TPSA) is 26.3 Å². The van der Waals surface area contributed by atoms with Gasteiger partial charge in [0.1, 0.15) is 6.10 Å². The van der Waals surface area contributed by atoms with E-state index in [9.17, 15) is 4.79 Å². The first-order valence-electron chi connectivity index (χ1n) is 14.2. The molecule has 0 heterocycles. The lowest BCUT2D eigenvalue weighted by Crippen LogP contribution is -2.24. The van der Waals surface area contributed by atoms with Crippen LogP contribution in [0.1, 0.15) is 139 Å². The molecular formula is C31H48O2. The van der Waals surface area contributed by atoms with Gasteiger partial charge in [0.25, 0.3) is 0 Å². The van der Waals surface area contributed by atoms with Crippen LogP contribution in [-0.4, -0.2) is 12.1 Å². The Kier molecular flexibility index (Phi) is 11.6. The van der Waals surface area contributed by atoms with Crippen molar-refractivity contribution in [2.45, 2.75) is 129 Å². The van der Waals surface area contributed by atoms with Gasteiger partial charge in [-0.25, -0.2) is 4.79 Å². The van der Waals surface area contributed by atoms with Crippen molar-refractivity contribution < 1.29 is 9.53 Å². The lowest BCUT2D eigenvalue weighted by molar-refractivity contribution is 0.0161. The molecule has 1 aromatic carbocycles. The van der Waals surface area contributed by atoms with Gasteiger partial charge >= 0.3 is 5.97 Å². The second-order valence-electron chi connectivity index (χ2n) is 10.7. The van der Waals surface area contributed by atoms with Crippen LogP contribution < -0.4 is 0 Å². The normalized spacial score (nSPS) is 23.2. The van der Waals surface area contributed by atoms with Crippen molar-refractivity contribution in [3.63, 3.8) is 0 Å². The zero-order valence-corrected chi connectivity index (χ0v) is 21.5. The van der Waals surface area contributed by atoms with Crippen LogP contribution in [0, 0.1) is 11.8 Å². The average Bonchev–Trinajstić information content (AvgIpc) is 2.85. The van der Waals surface area contributed by atoms with Gasteiger partial charge in [-0.2, -0.15) is 0 Å². The van der Waals surface area contributed by atoms with E-state index in [1.807, 2.05) is 12.1 Å². The van der Waals surface area contributed by atoms with Gasteiger partial charge in [0.15, 0.2) is 0 Å². The zero-order chi connectivity index (χ0) is 23.3. The highest BCUT2D eigenvalue weighted by atomic mass is 16.5. The highest BCUT2D eigenvalue weighted by Gasteiger charge is 2.24. The first kappa shape index (κ1) is 26.0. The summed E-state index contributed by atoms with van der Waals surface area (Å²) in [5.41, 5.74) is 3.43. The molecule has 184 valence electrons. The summed E-state index contributed by atoms with van der Waals surface area (Å²) in [5, 5.41) is 0. The van der Waals surface area contributed by atoms with Crippen LogP contribution in [0.25, 0.3) is 5.57 Å². The quantitative estimate of drug-likeness (QED) is 0.220. The number of rotatable bonds is 13. The fourth-order valence-electron chi connectivity index (χ4n) is 5.71. The molecule has 1 aromatic rings. The molecule has 1 atom stereocenters. The maximum atomic E-state index is 12.7. The van der Waals surface area contributed by atoms with Crippen molar-refractivity contribution >= 4 is 11.5 Å². The Morgan fingerprint density at radius 1 is 0.788 bits per heavy atom. The molecule has 0 radical (unpaired) electrons. The van der Waals surface area contributed by atoms with Crippen molar-refractivity contribution in [3.05, 3.63) is 41.5 Å². The van der Waals surface area contributed by atoms with Crippen LogP contribution in [0.2, 0.25) is 0 Å². The lowest BCUT2D eigenvalue weighted by Gasteiger charge is -2.28. The summed E-state index contributed by atoms with van der Waals surface area (Å²) < 4.78 is 5.88. The van der Waals surface area contributed by atoms with Crippen LogP contribution in [0.4, 0.5) is 0 Å². The molecule has 2 aliphatic carbocycles. The minimum absolute atomic E-state index is 0.110. The molecule has 2 heteroatoms. The van der Waals surface area contributed by atoms with Crippen LogP contribution >= 0.6 is 0 Å². The average molecular weight is 453 g/mol. The molecule has 0 spiro atoms. The fourth-order valence-corrected chi connectivity index (χ4v) is 5.71. The summed E-state index contributed by atoms with van der Waals surface area (Å²) in [6.45, 7) is 4.55. The van der Waals surface area contributed by atoms with Gasteiger partial charge in [0.2, 0.25) is 0 Å². The Hall–Kier alpha value is -1.57. The van der Waals surface area contributed by atoms with E-state index in [4.69, 9.17) is 4.74 Å². The van der Waals surface area contributed by atoms with Crippen molar-refractivity contribution in [3.8, 4) is 0 Å². The minimum Gasteiger partial charge on any atom is -0.459 e. The van der Waals surface area contributed by atoms with Gasteiger partial charge < -0.3 is 4.74 Å². The monoisotopic (exact) mass is 452 g/mol. The largest absolute Gasteiger partial charge is 0.459 e. The number of ether oxygens (including phenoxy) is 1. The van der Waals surface area contributed by atoms with Gasteiger partial charge in [-0.15, -0.1) is 0 Å². The molecule has 2 nitrogen and oxygen atoms in total. The van der Waals surface area contributed by atoms with Crippen LogP contribution in [0.3, 0.4) is 0 Å². The van der Waals surface area contributed by atoms with E-state index in [0.29, 0.717) is 5.56 Å². The maximum Gasteiger partial charge on any atom is 0.338 e. The number of carbonyl (C=O) groups is 1. The first-order valence-corrected chi connectivity index (χ1v) is 14.2. The minimum atomic E-state index is -0.141. The van der Waals surface area contributed by atoms with E-state index in [-0.39, 0.29) is 12.1 Å². The molecule has 1 unspecified atom stereocenters. The highest BCUT2D eigenvalue weighted by Crippen LogP contribution is 2.33. The molecule has 0 bridgehead atoms. The zero-order valence-electron chi connectivity index (χ0n) is 21.5. The Morgan fingerprint density at radius 3 is 2.09 bits per heavy atom. The van der Waals surface area contributed by atoms with Crippen molar-refractivity contribution in [1.82, 2.24) is 0 Å². The molecule has 2 aliphatic rings. The Balaban J connectivity index is 1.38. The van der Waals surface area contributed by atoms with E-state index in [0.717, 1.165) is 24.7 Å². The van der Waals surface area contributed by atoms with Crippen LogP contribution in [-0.2, 0) is 4.74 Å². The van der Waals surface area contributed by atoms with Gasteiger partial charge in [-0.1, -0.05) is 96.3 Å². The predicted molar refractivity (Wildman–Crippen MR) is 140 cm³/mol. The Morgan fingerprint density at radius 2 is 1.42 bits per heavy atom. The standard InChI is InChI=1S/C31H48O2/c1-3-5-7-8-10-12-26-15-23-30(24-16-26)33-31(32)29-21-19-28(20-22-29)27-17-13-25(14-18-27)11-9-6-4-2/h17,19-22,25-26,30H,3-16,18,23-24H2,1-2H3. The van der Waals surface area contributed by atoms with E-state index in [2.05, 4.69) is 32.1 Å². The SMILES string of the molecule is CCCCCCCC1CCC(OC(=O)c2ccc(C3=CCC(CCCCC)CC3)cc2)CC1. The summed E-state index contributed by atoms with van der Waals surface area (Å²) in [6.07, 6.45) is 24.4. The van der Waals surface area contributed by atoms with E-state index in [1.54, 1.807) is 0 Å². The molecule has 1 fully saturated rings. The van der Waals surface area contributed by atoms with Crippen molar-refractivity contribution in [1.29, 1.82) is 0 Å². The lowest BCUT2D eigenvalue weighted by atomic mass is 9.83. The molecule has 1 saturated carbocycles. The van der Waals surface area contributed by atoms with Gasteiger partial charge in [-0.05, 0) is 80.1 Å². The molecule has 0 aromatic heterocycles. The summed E-state index contributed by atoms with van der Waals surface area (Å²) >= 11 is 0. The molecule has 0 N–H and O–H groups in total. The summed E-state index contributed by atoms with van der Waals surface area (Å²) in [6, 6.07) is 8.17. The molecule has 0 amide bonds. The maximum absolute atomic E-state index is 12.7. The smallest absolute Gasteiger partial charge is 0.338 e. The number of allylic oxidation sites excluding steroid dienone is 2. The second kappa shape index (κ2) is 14.6. The summed E-state index contributed by atoms with van der Waals surface area (Å²) in [5.74, 6) is 1.57. The second-order valence-corrected chi connectivity index (χ2v) is 10.7. The number of hydrogen-bond donors (Lipinski definition) is 0. The third-order valence-corrected chi connectivity index (χ3v) is 8.01. The van der Waals surface area contributed by atoms with Crippen LogP contribution in [0.5, 0.6) is 0 Å². The Labute approximate surface area is 203 Å². The molecule has 0 saturated heterocycles. The van der Waals surface area contributed by atoms with Crippen molar-refractivity contribution in [2.24, 2.45) is 11.8 Å². The number of carbonyl (C=O) groups excluding carboxylic acids is 1. The number of benzene rings is 1.